The number of hydrogen-bond acceptors (Lipinski definition) is 2. The Morgan fingerprint density at radius 2 is 2.00 bits per heavy atom. The van der Waals surface area contributed by atoms with Gasteiger partial charge in [0.25, 0.3) is 0 Å². The van der Waals surface area contributed by atoms with Gasteiger partial charge in [0.2, 0.25) is 5.91 Å². The molecule has 122 valence electrons. The van der Waals surface area contributed by atoms with Gasteiger partial charge in [-0.2, -0.15) is 5.10 Å². The molecular formula is C18H22FN3O. The van der Waals surface area contributed by atoms with Crippen molar-refractivity contribution in [1.29, 1.82) is 0 Å². The van der Waals surface area contributed by atoms with Gasteiger partial charge in [-0.1, -0.05) is 13.3 Å². The fourth-order valence-electron chi connectivity index (χ4n) is 2.34. The number of halogens is 1. The van der Waals surface area contributed by atoms with E-state index in [0.717, 1.165) is 35.5 Å². The van der Waals surface area contributed by atoms with Gasteiger partial charge < -0.3 is 5.32 Å². The number of carbonyl (C=O) groups excluding carboxylic acids is 1. The van der Waals surface area contributed by atoms with Crippen LogP contribution in [-0.2, 0) is 4.79 Å². The van der Waals surface area contributed by atoms with Crippen molar-refractivity contribution < 1.29 is 9.18 Å². The van der Waals surface area contributed by atoms with Crippen LogP contribution in [0, 0.1) is 19.7 Å². The molecule has 5 heteroatoms. The third-order valence-corrected chi connectivity index (χ3v) is 3.65. The summed E-state index contributed by atoms with van der Waals surface area (Å²) in [5.41, 5.74) is 3.43. The molecule has 0 saturated heterocycles. The maximum atomic E-state index is 13.0. The van der Waals surface area contributed by atoms with Crippen molar-refractivity contribution in [3.8, 4) is 5.69 Å². The quantitative estimate of drug-likeness (QED) is 0.654. The van der Waals surface area contributed by atoms with Crippen LogP contribution in [0.25, 0.3) is 11.8 Å². The highest BCUT2D eigenvalue weighted by Crippen LogP contribution is 2.19. The number of hydrogen-bond donors (Lipinski definition) is 1. The minimum absolute atomic E-state index is 0.105. The Kier molecular flexibility index (Phi) is 5.68. The zero-order valence-corrected chi connectivity index (χ0v) is 13.8. The van der Waals surface area contributed by atoms with Gasteiger partial charge in [0.15, 0.2) is 0 Å². The van der Waals surface area contributed by atoms with E-state index in [9.17, 15) is 9.18 Å². The van der Waals surface area contributed by atoms with Crippen LogP contribution < -0.4 is 5.32 Å². The van der Waals surface area contributed by atoms with Gasteiger partial charge in [-0.3, -0.25) is 4.79 Å². The molecule has 0 fully saturated rings. The number of unbranched alkanes of at least 4 members (excludes halogenated alkanes) is 1. The SMILES string of the molecule is CCCCNC(=O)C=Cc1c(C)nn(-c2ccc(F)cc2)c1C. The second-order valence-electron chi connectivity index (χ2n) is 5.45. The maximum Gasteiger partial charge on any atom is 0.244 e. The lowest BCUT2D eigenvalue weighted by Gasteiger charge is -2.04. The fourth-order valence-corrected chi connectivity index (χ4v) is 2.34. The van der Waals surface area contributed by atoms with Crippen LogP contribution in [0.15, 0.2) is 30.3 Å². The van der Waals surface area contributed by atoms with Crippen LogP contribution in [0.1, 0.15) is 36.7 Å². The molecule has 0 bridgehead atoms. The lowest BCUT2D eigenvalue weighted by molar-refractivity contribution is -0.116. The number of carbonyl (C=O) groups is 1. The van der Waals surface area contributed by atoms with E-state index >= 15 is 0 Å². The van der Waals surface area contributed by atoms with Gasteiger partial charge in [-0.05, 0) is 50.6 Å². The summed E-state index contributed by atoms with van der Waals surface area (Å²) >= 11 is 0. The van der Waals surface area contributed by atoms with Crippen molar-refractivity contribution in [1.82, 2.24) is 15.1 Å². The third-order valence-electron chi connectivity index (χ3n) is 3.65. The summed E-state index contributed by atoms with van der Waals surface area (Å²) in [6.45, 7) is 6.59. The maximum absolute atomic E-state index is 13.0. The molecule has 1 aromatic carbocycles. The first-order chi connectivity index (χ1) is 11.0. The molecule has 1 N–H and O–H groups in total. The minimum atomic E-state index is -0.279. The van der Waals surface area contributed by atoms with Crippen LogP contribution >= 0.6 is 0 Å². The predicted octanol–water partition coefficient (Wildman–Crippen LogP) is 3.56. The first kappa shape index (κ1) is 16.9. The van der Waals surface area contributed by atoms with Gasteiger partial charge in [0.1, 0.15) is 5.82 Å². The molecule has 0 atom stereocenters. The molecule has 0 aliphatic rings. The molecule has 2 rings (SSSR count). The standard InChI is InChI=1S/C18H22FN3O/c1-4-5-12-20-18(23)11-10-17-13(2)21-22(14(17)3)16-8-6-15(19)7-9-16/h6-11H,4-5,12H2,1-3H3,(H,20,23). The molecule has 1 heterocycles. The lowest BCUT2D eigenvalue weighted by atomic mass is 10.2. The van der Waals surface area contributed by atoms with E-state index in [2.05, 4.69) is 17.3 Å². The molecular weight excluding hydrogens is 293 g/mol. The monoisotopic (exact) mass is 315 g/mol. The Morgan fingerprint density at radius 1 is 1.30 bits per heavy atom. The van der Waals surface area contributed by atoms with Gasteiger partial charge in [-0.25, -0.2) is 9.07 Å². The molecule has 1 amide bonds. The summed E-state index contributed by atoms with van der Waals surface area (Å²) in [7, 11) is 0. The highest BCUT2D eigenvalue weighted by Gasteiger charge is 2.11. The number of nitrogens with zero attached hydrogens (tertiary/aromatic N) is 2. The van der Waals surface area contributed by atoms with E-state index in [1.54, 1.807) is 22.9 Å². The zero-order valence-electron chi connectivity index (χ0n) is 13.8. The van der Waals surface area contributed by atoms with E-state index in [1.165, 1.54) is 18.2 Å². The molecule has 23 heavy (non-hydrogen) atoms. The van der Waals surface area contributed by atoms with Crippen LogP contribution in [0.2, 0.25) is 0 Å². The Bertz CT molecular complexity index is 702. The Hall–Kier alpha value is -2.43. The number of amides is 1. The van der Waals surface area contributed by atoms with Crippen molar-refractivity contribution in [2.24, 2.45) is 0 Å². The van der Waals surface area contributed by atoms with E-state index < -0.39 is 0 Å². The molecule has 1 aromatic heterocycles. The Labute approximate surface area is 136 Å². The first-order valence-corrected chi connectivity index (χ1v) is 7.81. The normalized spacial score (nSPS) is 11.1. The average molecular weight is 315 g/mol. The van der Waals surface area contributed by atoms with Crippen LogP contribution in [0.4, 0.5) is 4.39 Å². The van der Waals surface area contributed by atoms with Gasteiger partial charge in [0, 0.05) is 23.9 Å². The third kappa shape index (κ3) is 4.28. The largest absolute Gasteiger partial charge is 0.353 e. The van der Waals surface area contributed by atoms with E-state index in [4.69, 9.17) is 0 Å². The lowest BCUT2D eigenvalue weighted by Crippen LogP contribution is -2.21. The number of benzene rings is 1. The first-order valence-electron chi connectivity index (χ1n) is 7.81. The number of rotatable bonds is 6. The van der Waals surface area contributed by atoms with E-state index in [0.29, 0.717) is 6.54 Å². The second kappa shape index (κ2) is 7.72. The van der Waals surface area contributed by atoms with E-state index in [-0.39, 0.29) is 11.7 Å². The molecule has 0 unspecified atom stereocenters. The van der Waals surface area contributed by atoms with E-state index in [1.807, 2.05) is 13.8 Å². The van der Waals surface area contributed by atoms with Crippen molar-refractivity contribution >= 4 is 12.0 Å². The van der Waals surface area contributed by atoms with Crippen LogP contribution in [0.5, 0.6) is 0 Å². The number of aryl methyl sites for hydroxylation is 1. The van der Waals surface area contributed by atoms with Gasteiger partial charge >= 0.3 is 0 Å². The van der Waals surface area contributed by atoms with Crippen LogP contribution in [-0.4, -0.2) is 22.2 Å². The molecule has 0 aliphatic carbocycles. The zero-order chi connectivity index (χ0) is 16.8. The summed E-state index contributed by atoms with van der Waals surface area (Å²) in [6.07, 6.45) is 5.33. The molecule has 2 aromatic rings. The number of aromatic nitrogens is 2. The summed E-state index contributed by atoms with van der Waals surface area (Å²) in [6, 6.07) is 6.17. The summed E-state index contributed by atoms with van der Waals surface area (Å²) < 4.78 is 14.8. The minimum Gasteiger partial charge on any atom is -0.353 e. The highest BCUT2D eigenvalue weighted by atomic mass is 19.1. The second-order valence-corrected chi connectivity index (χ2v) is 5.45. The highest BCUT2D eigenvalue weighted by molar-refractivity contribution is 5.92. The molecule has 0 spiro atoms. The average Bonchev–Trinajstić information content (AvgIpc) is 2.81. The van der Waals surface area contributed by atoms with Crippen molar-refractivity contribution in [2.75, 3.05) is 6.54 Å². The predicted molar refractivity (Wildman–Crippen MR) is 89.9 cm³/mol. The molecule has 0 radical (unpaired) electrons. The van der Waals surface area contributed by atoms with Crippen LogP contribution in [0.3, 0.4) is 0 Å². The molecule has 0 aliphatic heterocycles. The summed E-state index contributed by atoms with van der Waals surface area (Å²) in [5, 5.41) is 7.32. The number of nitrogens with one attached hydrogen (secondary N) is 1. The fraction of sp³-hybridized carbons (Fsp3) is 0.333. The smallest absolute Gasteiger partial charge is 0.244 e. The van der Waals surface area contributed by atoms with Gasteiger partial charge in [0.05, 0.1) is 11.4 Å². The van der Waals surface area contributed by atoms with Crippen molar-refractivity contribution in [3.05, 3.63) is 53.1 Å². The summed E-state index contributed by atoms with van der Waals surface area (Å²) in [5.74, 6) is -0.383. The van der Waals surface area contributed by atoms with Crippen molar-refractivity contribution in [3.63, 3.8) is 0 Å². The topological polar surface area (TPSA) is 46.9 Å². The molecule has 0 saturated carbocycles. The Balaban J connectivity index is 2.17. The summed E-state index contributed by atoms with van der Waals surface area (Å²) in [4.78, 5) is 11.8. The van der Waals surface area contributed by atoms with Gasteiger partial charge in [-0.15, -0.1) is 0 Å². The molecule has 4 nitrogen and oxygen atoms in total. The van der Waals surface area contributed by atoms with Crippen molar-refractivity contribution in [2.45, 2.75) is 33.6 Å². The Morgan fingerprint density at radius 3 is 2.65 bits per heavy atom.